The van der Waals surface area contributed by atoms with Crippen LogP contribution in [0.2, 0.25) is 0 Å². The van der Waals surface area contributed by atoms with Crippen molar-refractivity contribution in [3.8, 4) is 0 Å². The van der Waals surface area contributed by atoms with Gasteiger partial charge in [-0.3, -0.25) is 9.13 Å². The van der Waals surface area contributed by atoms with Crippen molar-refractivity contribution in [1.82, 2.24) is 19.2 Å². The molecule has 0 aliphatic carbocycles. The molecule has 0 spiro atoms. The van der Waals surface area contributed by atoms with Crippen LogP contribution in [0, 0.1) is 0 Å². The third-order valence-electron chi connectivity index (χ3n) is 4.91. The Balaban J connectivity index is 0.00000243. The number of nitrogens with one attached hydrogen (secondary N) is 2. The summed E-state index contributed by atoms with van der Waals surface area (Å²) < 4.78 is 30.6. The average molecular weight is 405 g/mol. The van der Waals surface area contributed by atoms with Crippen LogP contribution in [0.15, 0.2) is 27.9 Å². The maximum Gasteiger partial charge on any atom is 0.328 e. The van der Waals surface area contributed by atoms with E-state index in [0.717, 1.165) is 13.0 Å². The monoisotopic (exact) mass is 404 g/mol. The summed E-state index contributed by atoms with van der Waals surface area (Å²) in [4.78, 5) is 12.1. The Morgan fingerprint density at radius 1 is 1.19 bits per heavy atom. The van der Waals surface area contributed by atoms with Gasteiger partial charge in [-0.2, -0.15) is 0 Å². The standard InChI is InChI=1S/C16H24N4O4S.ClH/c1-19-13-5-4-12(10-14(13)20(2)15(19)21)25(23,24)18-11-16(22)6-3-8-17-9-7-16;/h4-5,10,17-18,22H,3,6-9,11H2,1-2H3;1H. The van der Waals surface area contributed by atoms with Crippen LogP contribution in [0.3, 0.4) is 0 Å². The minimum atomic E-state index is -3.78. The molecule has 26 heavy (non-hydrogen) atoms. The van der Waals surface area contributed by atoms with E-state index in [9.17, 15) is 18.3 Å². The summed E-state index contributed by atoms with van der Waals surface area (Å²) in [6, 6.07) is 4.58. The molecule has 0 saturated carbocycles. The van der Waals surface area contributed by atoms with Crippen molar-refractivity contribution < 1.29 is 13.5 Å². The summed E-state index contributed by atoms with van der Waals surface area (Å²) in [7, 11) is -0.524. The fourth-order valence-electron chi connectivity index (χ4n) is 3.26. The molecule has 0 radical (unpaired) electrons. The maximum absolute atomic E-state index is 12.6. The molecular weight excluding hydrogens is 380 g/mol. The first-order valence-electron chi connectivity index (χ1n) is 8.32. The van der Waals surface area contributed by atoms with Crippen LogP contribution in [-0.4, -0.2) is 47.9 Å². The van der Waals surface area contributed by atoms with Gasteiger partial charge < -0.3 is 10.4 Å². The second-order valence-corrected chi connectivity index (χ2v) is 8.47. The van der Waals surface area contributed by atoms with E-state index in [1.807, 2.05) is 0 Å². The van der Waals surface area contributed by atoms with Gasteiger partial charge in [0.25, 0.3) is 0 Å². The lowest BCUT2D eigenvalue weighted by Gasteiger charge is -2.26. The van der Waals surface area contributed by atoms with Crippen LogP contribution in [-0.2, 0) is 24.1 Å². The SMILES string of the molecule is Cl.Cn1c(=O)n(C)c2cc(S(=O)(=O)NCC3(O)CCCNCC3)ccc21. The number of imidazole rings is 1. The second-order valence-electron chi connectivity index (χ2n) is 6.70. The number of nitrogens with zero attached hydrogens (tertiary/aromatic N) is 2. The first kappa shape index (κ1) is 20.9. The van der Waals surface area contributed by atoms with Gasteiger partial charge in [-0.25, -0.2) is 17.9 Å². The Kier molecular flexibility index (Phi) is 6.19. The highest BCUT2D eigenvalue weighted by molar-refractivity contribution is 7.89. The normalized spacial score (nSPS) is 21.3. The first-order valence-corrected chi connectivity index (χ1v) is 9.80. The number of fused-ring (bicyclic) bond motifs is 1. The van der Waals surface area contributed by atoms with Crippen LogP contribution in [0.4, 0.5) is 0 Å². The summed E-state index contributed by atoms with van der Waals surface area (Å²) in [6.07, 6.45) is 1.85. The zero-order chi connectivity index (χ0) is 18.2. The van der Waals surface area contributed by atoms with E-state index in [2.05, 4.69) is 10.0 Å². The number of aliphatic hydroxyl groups is 1. The van der Waals surface area contributed by atoms with Gasteiger partial charge in [-0.05, 0) is 50.6 Å². The topological polar surface area (TPSA) is 105 Å². The van der Waals surface area contributed by atoms with E-state index in [0.29, 0.717) is 30.4 Å². The molecule has 2 heterocycles. The summed E-state index contributed by atoms with van der Waals surface area (Å²) >= 11 is 0. The van der Waals surface area contributed by atoms with E-state index in [1.54, 1.807) is 20.2 Å². The molecule has 1 aliphatic rings. The van der Waals surface area contributed by atoms with Crippen molar-refractivity contribution in [1.29, 1.82) is 0 Å². The van der Waals surface area contributed by atoms with Gasteiger partial charge in [0.15, 0.2) is 0 Å². The molecule has 1 unspecified atom stereocenters. The Hall–Kier alpha value is -1.39. The van der Waals surface area contributed by atoms with Gasteiger partial charge in [-0.1, -0.05) is 0 Å². The number of aromatic nitrogens is 2. The highest BCUT2D eigenvalue weighted by atomic mass is 35.5. The van der Waals surface area contributed by atoms with Gasteiger partial charge in [-0.15, -0.1) is 12.4 Å². The predicted octanol–water partition coefficient (Wildman–Crippen LogP) is 0.0817. The number of aryl methyl sites for hydroxylation is 2. The Morgan fingerprint density at radius 3 is 2.62 bits per heavy atom. The third kappa shape index (κ3) is 3.96. The lowest BCUT2D eigenvalue weighted by atomic mass is 9.95. The van der Waals surface area contributed by atoms with Crippen molar-refractivity contribution in [2.75, 3.05) is 19.6 Å². The smallest absolute Gasteiger partial charge is 0.328 e. The van der Waals surface area contributed by atoms with Crippen molar-refractivity contribution >= 4 is 33.5 Å². The number of hydrogen-bond acceptors (Lipinski definition) is 5. The quantitative estimate of drug-likeness (QED) is 0.669. The molecule has 0 amide bonds. The molecule has 1 aromatic carbocycles. The number of benzene rings is 1. The fraction of sp³-hybridized carbons (Fsp3) is 0.562. The van der Waals surface area contributed by atoms with Crippen molar-refractivity contribution in [2.45, 2.75) is 29.8 Å². The predicted molar refractivity (Wildman–Crippen MR) is 102 cm³/mol. The van der Waals surface area contributed by atoms with Crippen LogP contribution in [0.25, 0.3) is 11.0 Å². The largest absolute Gasteiger partial charge is 0.388 e. The van der Waals surface area contributed by atoms with E-state index in [1.165, 1.54) is 21.3 Å². The van der Waals surface area contributed by atoms with Crippen LogP contribution >= 0.6 is 12.4 Å². The van der Waals surface area contributed by atoms with Gasteiger partial charge in [0.2, 0.25) is 10.0 Å². The minimum Gasteiger partial charge on any atom is -0.388 e. The van der Waals surface area contributed by atoms with Gasteiger partial charge >= 0.3 is 5.69 Å². The molecule has 146 valence electrons. The highest BCUT2D eigenvalue weighted by Gasteiger charge is 2.30. The summed E-state index contributed by atoms with van der Waals surface area (Å²) in [5.41, 5.74) is -0.0364. The third-order valence-corrected chi connectivity index (χ3v) is 6.31. The Bertz CT molecular complexity index is 943. The van der Waals surface area contributed by atoms with Gasteiger partial charge in [0.05, 0.1) is 21.5 Å². The van der Waals surface area contributed by atoms with Gasteiger partial charge in [0.1, 0.15) is 0 Å². The molecule has 1 aromatic heterocycles. The fourth-order valence-corrected chi connectivity index (χ4v) is 4.40. The molecule has 1 saturated heterocycles. The molecule has 0 bridgehead atoms. The zero-order valence-electron chi connectivity index (χ0n) is 14.9. The maximum atomic E-state index is 12.6. The van der Waals surface area contributed by atoms with Crippen LogP contribution < -0.4 is 15.7 Å². The Labute approximate surface area is 158 Å². The van der Waals surface area contributed by atoms with E-state index >= 15 is 0 Å². The Morgan fingerprint density at radius 2 is 1.88 bits per heavy atom. The lowest BCUT2D eigenvalue weighted by molar-refractivity contribution is 0.0335. The molecule has 1 atom stereocenters. The van der Waals surface area contributed by atoms with Crippen molar-refractivity contribution in [3.05, 3.63) is 28.7 Å². The van der Waals surface area contributed by atoms with Gasteiger partial charge in [0, 0.05) is 20.6 Å². The van der Waals surface area contributed by atoms with E-state index in [4.69, 9.17) is 0 Å². The number of hydrogen-bond donors (Lipinski definition) is 3. The molecule has 3 N–H and O–H groups in total. The summed E-state index contributed by atoms with van der Waals surface area (Å²) in [5.74, 6) is 0. The minimum absolute atomic E-state index is 0. The number of rotatable bonds is 4. The van der Waals surface area contributed by atoms with Crippen LogP contribution in [0.5, 0.6) is 0 Å². The molecule has 10 heteroatoms. The van der Waals surface area contributed by atoms with Crippen molar-refractivity contribution in [2.24, 2.45) is 14.1 Å². The second kappa shape index (κ2) is 7.69. The first-order chi connectivity index (χ1) is 11.7. The molecule has 8 nitrogen and oxygen atoms in total. The van der Waals surface area contributed by atoms with Crippen molar-refractivity contribution in [3.63, 3.8) is 0 Å². The van der Waals surface area contributed by atoms with E-state index < -0.39 is 15.6 Å². The molecule has 3 rings (SSSR count). The average Bonchev–Trinajstić information content (AvgIpc) is 2.76. The highest BCUT2D eigenvalue weighted by Crippen LogP contribution is 2.21. The van der Waals surface area contributed by atoms with E-state index in [-0.39, 0.29) is 29.5 Å². The molecule has 2 aromatic rings. The summed E-state index contributed by atoms with van der Waals surface area (Å²) in [5, 5.41) is 13.8. The summed E-state index contributed by atoms with van der Waals surface area (Å²) in [6.45, 7) is 1.47. The molecular formula is C16H25ClN4O4S. The zero-order valence-corrected chi connectivity index (χ0v) is 16.5. The lowest BCUT2D eigenvalue weighted by Crippen LogP contribution is -2.43. The molecule has 1 fully saturated rings. The molecule has 1 aliphatic heterocycles. The number of halogens is 1. The van der Waals surface area contributed by atoms with Crippen LogP contribution in [0.1, 0.15) is 19.3 Å². The number of sulfonamides is 1.